The molecule has 0 saturated carbocycles. The Labute approximate surface area is 108 Å². The molecule has 0 radical (unpaired) electrons. The van der Waals surface area contributed by atoms with Gasteiger partial charge >= 0.3 is 0 Å². The van der Waals surface area contributed by atoms with Crippen LogP contribution in [0, 0.1) is 11.8 Å². The Bertz CT molecular complexity index is 458. The van der Waals surface area contributed by atoms with Crippen LogP contribution in [0.5, 0.6) is 0 Å². The second kappa shape index (κ2) is 6.23. The molecule has 18 heavy (non-hydrogen) atoms. The molecule has 3 nitrogen and oxygen atoms in total. The Hall–Kier alpha value is -1.79. The Kier molecular flexibility index (Phi) is 4.38. The molecule has 1 aliphatic heterocycles. The molecule has 1 unspecified atom stereocenters. The summed E-state index contributed by atoms with van der Waals surface area (Å²) in [4.78, 5) is 13.5. The molecule has 1 aromatic rings. The summed E-state index contributed by atoms with van der Waals surface area (Å²) in [5, 5.41) is 0. The molecule has 1 fully saturated rings. The molecule has 94 valence electrons. The molecule has 0 aliphatic carbocycles. The topological polar surface area (TPSA) is 29.5 Å². The van der Waals surface area contributed by atoms with Gasteiger partial charge in [0.2, 0.25) is 0 Å². The van der Waals surface area contributed by atoms with Crippen molar-refractivity contribution in [1.82, 2.24) is 4.90 Å². The number of carbonyl (C=O) groups is 1. The van der Waals surface area contributed by atoms with Gasteiger partial charge in [-0.05, 0) is 24.8 Å². The summed E-state index contributed by atoms with van der Waals surface area (Å²) >= 11 is 0. The molecule has 1 atom stereocenters. The predicted octanol–water partition coefficient (Wildman–Crippen LogP) is 2.00. The van der Waals surface area contributed by atoms with E-state index in [-0.39, 0.29) is 12.0 Å². The lowest BCUT2D eigenvalue weighted by Gasteiger charge is -2.16. The molecule has 2 rings (SSSR count). The van der Waals surface area contributed by atoms with Crippen LogP contribution in [0.15, 0.2) is 30.3 Å². The van der Waals surface area contributed by atoms with Gasteiger partial charge in [-0.2, -0.15) is 0 Å². The lowest BCUT2D eigenvalue weighted by molar-refractivity contribution is -0.125. The van der Waals surface area contributed by atoms with E-state index in [1.165, 1.54) is 5.56 Å². The second-order valence-electron chi connectivity index (χ2n) is 4.23. The van der Waals surface area contributed by atoms with Crippen LogP contribution in [-0.4, -0.2) is 30.5 Å². The second-order valence-corrected chi connectivity index (χ2v) is 4.23. The molecule has 1 aromatic carbocycles. The van der Waals surface area contributed by atoms with Crippen molar-refractivity contribution in [2.75, 3.05) is 19.7 Å². The zero-order valence-corrected chi connectivity index (χ0v) is 10.6. The minimum absolute atomic E-state index is 0.0820. The van der Waals surface area contributed by atoms with Gasteiger partial charge in [-0.25, -0.2) is 0 Å². The van der Waals surface area contributed by atoms with E-state index in [1.54, 1.807) is 11.8 Å². The van der Waals surface area contributed by atoms with Gasteiger partial charge < -0.3 is 9.64 Å². The first-order valence-electron chi connectivity index (χ1n) is 6.19. The smallest absolute Gasteiger partial charge is 0.298 e. The first-order valence-corrected chi connectivity index (χ1v) is 6.19. The van der Waals surface area contributed by atoms with Crippen LogP contribution in [0.1, 0.15) is 25.0 Å². The number of hydrogen-bond acceptors (Lipinski definition) is 2. The van der Waals surface area contributed by atoms with Crippen LogP contribution in [-0.2, 0) is 9.53 Å². The number of ether oxygens (including phenoxy) is 1. The van der Waals surface area contributed by atoms with E-state index < -0.39 is 0 Å². The zero-order chi connectivity index (χ0) is 12.8. The molecule has 0 aromatic heterocycles. The van der Waals surface area contributed by atoms with Crippen molar-refractivity contribution in [2.45, 2.75) is 19.4 Å². The molecule has 1 amide bonds. The Morgan fingerprint density at radius 3 is 2.83 bits per heavy atom. The third kappa shape index (κ3) is 3.12. The largest absolute Gasteiger partial charge is 0.372 e. The van der Waals surface area contributed by atoms with Crippen LogP contribution in [0.3, 0.4) is 0 Å². The maximum Gasteiger partial charge on any atom is 0.298 e. The maximum atomic E-state index is 11.7. The van der Waals surface area contributed by atoms with E-state index in [0.29, 0.717) is 19.7 Å². The van der Waals surface area contributed by atoms with Crippen LogP contribution < -0.4 is 0 Å². The Morgan fingerprint density at radius 2 is 2.11 bits per heavy atom. The van der Waals surface area contributed by atoms with Gasteiger partial charge in [0.05, 0.1) is 12.7 Å². The van der Waals surface area contributed by atoms with Gasteiger partial charge in [0.25, 0.3) is 5.91 Å². The Morgan fingerprint density at radius 1 is 1.33 bits per heavy atom. The van der Waals surface area contributed by atoms with E-state index >= 15 is 0 Å². The fourth-order valence-corrected chi connectivity index (χ4v) is 2.09. The van der Waals surface area contributed by atoms with E-state index in [1.807, 2.05) is 18.2 Å². The molecule has 1 saturated heterocycles. The third-order valence-corrected chi connectivity index (χ3v) is 3.03. The number of nitrogens with zero attached hydrogens (tertiary/aromatic N) is 1. The van der Waals surface area contributed by atoms with E-state index in [9.17, 15) is 4.79 Å². The fourth-order valence-electron chi connectivity index (χ4n) is 2.09. The number of rotatable bonds is 1. The molecular formula is C15H17NO2. The fraction of sp³-hybridized carbons (Fsp3) is 0.400. The summed E-state index contributed by atoms with van der Waals surface area (Å²) in [6.07, 6.45) is 0.903. The summed E-state index contributed by atoms with van der Waals surface area (Å²) in [6, 6.07) is 10.1. The zero-order valence-electron chi connectivity index (χ0n) is 10.6. The summed E-state index contributed by atoms with van der Waals surface area (Å²) in [6.45, 7) is 3.57. The standard InChI is InChI=1S/C15H17NO2/c1-2-6-15(17)16-10-9-14(18-12-11-16)13-7-4-3-5-8-13/h3-5,7-8,14H,9-12H2,1H3. The quantitative estimate of drug-likeness (QED) is 0.706. The minimum Gasteiger partial charge on any atom is -0.372 e. The van der Waals surface area contributed by atoms with Crippen molar-refractivity contribution in [1.29, 1.82) is 0 Å². The highest BCUT2D eigenvalue weighted by molar-refractivity contribution is 5.93. The van der Waals surface area contributed by atoms with Gasteiger partial charge in [0.15, 0.2) is 0 Å². The van der Waals surface area contributed by atoms with Crippen molar-refractivity contribution < 1.29 is 9.53 Å². The normalized spacial score (nSPS) is 19.6. The average molecular weight is 243 g/mol. The van der Waals surface area contributed by atoms with Gasteiger partial charge in [-0.15, -0.1) is 0 Å². The van der Waals surface area contributed by atoms with Crippen molar-refractivity contribution in [2.24, 2.45) is 0 Å². The minimum atomic E-state index is -0.102. The van der Waals surface area contributed by atoms with E-state index in [2.05, 4.69) is 24.0 Å². The summed E-state index contributed by atoms with van der Waals surface area (Å²) < 4.78 is 5.81. The van der Waals surface area contributed by atoms with E-state index in [0.717, 1.165) is 6.42 Å². The molecule has 0 N–H and O–H groups in total. The highest BCUT2D eigenvalue weighted by Gasteiger charge is 2.20. The number of carbonyl (C=O) groups excluding carboxylic acids is 1. The van der Waals surface area contributed by atoms with Crippen molar-refractivity contribution in [3.63, 3.8) is 0 Å². The molecule has 0 bridgehead atoms. The molecule has 3 heteroatoms. The molecule has 0 spiro atoms. The average Bonchev–Trinajstić information content (AvgIpc) is 2.66. The Balaban J connectivity index is 2.00. The highest BCUT2D eigenvalue weighted by atomic mass is 16.5. The third-order valence-electron chi connectivity index (χ3n) is 3.03. The first-order chi connectivity index (χ1) is 8.81. The van der Waals surface area contributed by atoms with Gasteiger partial charge in [0, 0.05) is 13.1 Å². The number of amides is 1. The van der Waals surface area contributed by atoms with Crippen LogP contribution in [0.25, 0.3) is 0 Å². The molecular weight excluding hydrogens is 226 g/mol. The maximum absolute atomic E-state index is 11.7. The van der Waals surface area contributed by atoms with E-state index in [4.69, 9.17) is 4.74 Å². The highest BCUT2D eigenvalue weighted by Crippen LogP contribution is 2.23. The monoisotopic (exact) mass is 243 g/mol. The van der Waals surface area contributed by atoms with Crippen molar-refractivity contribution >= 4 is 5.91 Å². The lowest BCUT2D eigenvalue weighted by atomic mass is 10.1. The molecule has 1 aliphatic rings. The summed E-state index contributed by atoms with van der Waals surface area (Å²) in [5.74, 6) is 5.12. The SMILES string of the molecule is CC#CC(=O)N1CCOC(c2ccccc2)CC1. The van der Waals surface area contributed by atoms with Gasteiger partial charge in [-0.3, -0.25) is 4.79 Å². The van der Waals surface area contributed by atoms with Crippen LogP contribution in [0.2, 0.25) is 0 Å². The van der Waals surface area contributed by atoms with Crippen LogP contribution in [0.4, 0.5) is 0 Å². The predicted molar refractivity (Wildman–Crippen MR) is 69.8 cm³/mol. The summed E-state index contributed by atoms with van der Waals surface area (Å²) in [5.41, 5.74) is 1.17. The first kappa shape index (κ1) is 12.7. The van der Waals surface area contributed by atoms with Gasteiger partial charge in [-0.1, -0.05) is 36.3 Å². The van der Waals surface area contributed by atoms with Crippen molar-refractivity contribution in [3.8, 4) is 11.8 Å². The van der Waals surface area contributed by atoms with Crippen LogP contribution >= 0.6 is 0 Å². The summed E-state index contributed by atoms with van der Waals surface area (Å²) in [7, 11) is 0. The number of benzene rings is 1. The van der Waals surface area contributed by atoms with Gasteiger partial charge in [0.1, 0.15) is 0 Å². The van der Waals surface area contributed by atoms with Crippen molar-refractivity contribution in [3.05, 3.63) is 35.9 Å². The lowest BCUT2D eigenvalue weighted by Crippen LogP contribution is -2.32. The molecule has 1 heterocycles. The number of hydrogen-bond donors (Lipinski definition) is 0.